The molecule has 19 heavy (non-hydrogen) atoms. The molecule has 0 heterocycles. The third-order valence-corrected chi connectivity index (χ3v) is 4.32. The predicted molar refractivity (Wildman–Crippen MR) is 75.9 cm³/mol. The number of hydrogen-bond donors (Lipinski definition) is 1. The summed E-state index contributed by atoms with van der Waals surface area (Å²) >= 11 is 0. The zero-order valence-corrected chi connectivity index (χ0v) is 11.9. The molecule has 0 bridgehead atoms. The van der Waals surface area contributed by atoms with Gasteiger partial charge in [-0.15, -0.1) is 0 Å². The molecule has 2 rings (SSSR count). The van der Waals surface area contributed by atoms with Crippen molar-refractivity contribution in [3.8, 4) is 11.8 Å². The fourth-order valence-electron chi connectivity index (χ4n) is 2.69. The summed E-state index contributed by atoms with van der Waals surface area (Å²) in [5.74, 6) is 1.26. The number of rotatable bonds is 4. The first-order chi connectivity index (χ1) is 9.04. The lowest BCUT2D eigenvalue weighted by Crippen LogP contribution is -2.39. The van der Waals surface area contributed by atoms with Crippen LogP contribution in [0.4, 0.5) is 0 Å². The van der Waals surface area contributed by atoms with Crippen LogP contribution in [0.3, 0.4) is 0 Å². The standard InChI is InChI=1S/C16H22N2O/c1-11(2)12-5-6-13(14(9-12)19-3)15(18)16(10-17)7-4-8-16/h5-6,9,11,15H,4,7-8,18H2,1-3H3. The van der Waals surface area contributed by atoms with Crippen molar-refractivity contribution >= 4 is 0 Å². The molecular weight excluding hydrogens is 236 g/mol. The Morgan fingerprint density at radius 3 is 2.47 bits per heavy atom. The van der Waals surface area contributed by atoms with E-state index >= 15 is 0 Å². The minimum absolute atomic E-state index is 0.262. The molecule has 1 fully saturated rings. The molecule has 1 atom stereocenters. The number of nitriles is 1. The highest BCUT2D eigenvalue weighted by Gasteiger charge is 2.44. The highest BCUT2D eigenvalue weighted by Crippen LogP contribution is 2.50. The van der Waals surface area contributed by atoms with E-state index in [1.807, 2.05) is 12.1 Å². The first-order valence-electron chi connectivity index (χ1n) is 6.89. The van der Waals surface area contributed by atoms with Crippen LogP contribution in [0.25, 0.3) is 0 Å². The van der Waals surface area contributed by atoms with Crippen LogP contribution in [0.5, 0.6) is 5.75 Å². The molecule has 3 heteroatoms. The van der Waals surface area contributed by atoms with Crippen molar-refractivity contribution in [3.63, 3.8) is 0 Å². The Hall–Kier alpha value is -1.53. The summed E-state index contributed by atoms with van der Waals surface area (Å²) in [4.78, 5) is 0. The van der Waals surface area contributed by atoms with Gasteiger partial charge in [0.1, 0.15) is 5.75 Å². The molecule has 0 amide bonds. The van der Waals surface area contributed by atoms with Crippen molar-refractivity contribution in [3.05, 3.63) is 29.3 Å². The molecule has 1 saturated carbocycles. The normalized spacial score (nSPS) is 18.5. The van der Waals surface area contributed by atoms with Gasteiger partial charge in [0, 0.05) is 5.56 Å². The molecule has 1 aliphatic carbocycles. The van der Waals surface area contributed by atoms with Gasteiger partial charge in [0.2, 0.25) is 0 Å². The van der Waals surface area contributed by atoms with Gasteiger partial charge < -0.3 is 10.5 Å². The number of benzene rings is 1. The summed E-state index contributed by atoms with van der Waals surface area (Å²) in [6, 6.07) is 8.32. The summed E-state index contributed by atoms with van der Waals surface area (Å²) in [6.07, 6.45) is 2.87. The van der Waals surface area contributed by atoms with Gasteiger partial charge in [0.05, 0.1) is 24.6 Å². The topological polar surface area (TPSA) is 59.0 Å². The van der Waals surface area contributed by atoms with E-state index in [0.29, 0.717) is 5.92 Å². The fourth-order valence-corrected chi connectivity index (χ4v) is 2.69. The largest absolute Gasteiger partial charge is 0.496 e. The van der Waals surface area contributed by atoms with Gasteiger partial charge in [0.25, 0.3) is 0 Å². The molecule has 0 saturated heterocycles. The van der Waals surface area contributed by atoms with Crippen LogP contribution in [0.15, 0.2) is 18.2 Å². The van der Waals surface area contributed by atoms with Crippen molar-refractivity contribution in [2.75, 3.05) is 7.11 Å². The van der Waals surface area contributed by atoms with Crippen molar-refractivity contribution in [2.45, 2.75) is 45.1 Å². The van der Waals surface area contributed by atoms with Crippen LogP contribution < -0.4 is 10.5 Å². The molecule has 0 radical (unpaired) electrons. The smallest absolute Gasteiger partial charge is 0.123 e. The third kappa shape index (κ3) is 2.33. The van der Waals surface area contributed by atoms with Crippen LogP contribution in [0, 0.1) is 16.7 Å². The maximum absolute atomic E-state index is 9.40. The van der Waals surface area contributed by atoms with Gasteiger partial charge in [-0.1, -0.05) is 32.4 Å². The highest BCUT2D eigenvalue weighted by molar-refractivity contribution is 5.42. The van der Waals surface area contributed by atoms with E-state index in [1.54, 1.807) is 7.11 Å². The van der Waals surface area contributed by atoms with Crippen LogP contribution in [-0.4, -0.2) is 7.11 Å². The van der Waals surface area contributed by atoms with Crippen LogP contribution in [-0.2, 0) is 0 Å². The van der Waals surface area contributed by atoms with E-state index in [0.717, 1.165) is 30.6 Å². The Kier molecular flexibility index (Phi) is 3.82. The number of hydrogen-bond acceptors (Lipinski definition) is 3. The van der Waals surface area contributed by atoms with Crippen molar-refractivity contribution in [1.82, 2.24) is 0 Å². The molecule has 1 aromatic rings. The van der Waals surface area contributed by atoms with E-state index < -0.39 is 5.41 Å². The monoisotopic (exact) mass is 258 g/mol. The van der Waals surface area contributed by atoms with Crippen molar-refractivity contribution in [2.24, 2.45) is 11.1 Å². The molecule has 1 aromatic carbocycles. The van der Waals surface area contributed by atoms with Crippen LogP contribution in [0.2, 0.25) is 0 Å². The Balaban J connectivity index is 2.37. The minimum Gasteiger partial charge on any atom is -0.496 e. The molecule has 2 N–H and O–H groups in total. The second-order valence-corrected chi connectivity index (χ2v) is 5.76. The quantitative estimate of drug-likeness (QED) is 0.899. The maximum atomic E-state index is 9.40. The highest BCUT2D eigenvalue weighted by atomic mass is 16.5. The van der Waals surface area contributed by atoms with E-state index in [1.165, 1.54) is 5.56 Å². The Morgan fingerprint density at radius 2 is 2.05 bits per heavy atom. The minimum atomic E-state index is -0.396. The van der Waals surface area contributed by atoms with Gasteiger partial charge in [-0.25, -0.2) is 0 Å². The average Bonchev–Trinajstić information content (AvgIpc) is 2.37. The summed E-state index contributed by atoms with van der Waals surface area (Å²) in [5.41, 5.74) is 8.13. The van der Waals surface area contributed by atoms with Crippen LogP contribution >= 0.6 is 0 Å². The van der Waals surface area contributed by atoms with Gasteiger partial charge in [-0.3, -0.25) is 0 Å². The van der Waals surface area contributed by atoms with E-state index in [4.69, 9.17) is 10.5 Å². The molecule has 1 aliphatic rings. The van der Waals surface area contributed by atoms with E-state index in [9.17, 15) is 5.26 Å². The van der Waals surface area contributed by atoms with Crippen LogP contribution in [0.1, 0.15) is 56.2 Å². The Morgan fingerprint density at radius 1 is 1.37 bits per heavy atom. The Labute approximate surface area is 115 Å². The summed E-state index contributed by atoms with van der Waals surface area (Å²) in [6.45, 7) is 4.30. The van der Waals surface area contributed by atoms with E-state index in [2.05, 4.69) is 26.0 Å². The van der Waals surface area contributed by atoms with Crippen molar-refractivity contribution in [1.29, 1.82) is 5.26 Å². The van der Waals surface area contributed by atoms with Gasteiger partial charge in [-0.05, 0) is 30.4 Å². The fraction of sp³-hybridized carbons (Fsp3) is 0.562. The number of methoxy groups -OCH3 is 1. The molecular formula is C16H22N2O. The first-order valence-corrected chi connectivity index (χ1v) is 6.89. The maximum Gasteiger partial charge on any atom is 0.123 e. The van der Waals surface area contributed by atoms with Gasteiger partial charge in [-0.2, -0.15) is 5.26 Å². The first kappa shape index (κ1) is 13.9. The van der Waals surface area contributed by atoms with Crippen molar-refractivity contribution < 1.29 is 4.74 Å². The Bertz CT molecular complexity index is 498. The second-order valence-electron chi connectivity index (χ2n) is 5.76. The van der Waals surface area contributed by atoms with E-state index in [-0.39, 0.29) is 6.04 Å². The lowest BCUT2D eigenvalue weighted by molar-refractivity contribution is 0.166. The summed E-state index contributed by atoms with van der Waals surface area (Å²) in [5, 5.41) is 9.40. The lowest BCUT2D eigenvalue weighted by Gasteiger charge is -2.40. The summed E-state index contributed by atoms with van der Waals surface area (Å²) < 4.78 is 5.48. The molecule has 1 unspecified atom stereocenters. The molecule has 0 spiro atoms. The third-order valence-electron chi connectivity index (χ3n) is 4.32. The zero-order chi connectivity index (χ0) is 14.0. The summed E-state index contributed by atoms with van der Waals surface area (Å²) in [7, 11) is 1.66. The predicted octanol–water partition coefficient (Wildman–Crippen LogP) is 3.51. The second kappa shape index (κ2) is 5.22. The molecule has 0 aromatic heterocycles. The molecule has 0 aliphatic heterocycles. The number of nitrogens with zero attached hydrogens (tertiary/aromatic N) is 1. The molecule has 102 valence electrons. The van der Waals surface area contributed by atoms with Gasteiger partial charge in [0.15, 0.2) is 0 Å². The zero-order valence-electron chi connectivity index (χ0n) is 11.9. The number of nitrogens with two attached hydrogens (primary N) is 1. The average molecular weight is 258 g/mol. The molecule has 3 nitrogen and oxygen atoms in total. The SMILES string of the molecule is COc1cc(C(C)C)ccc1C(N)C1(C#N)CCC1. The lowest BCUT2D eigenvalue weighted by atomic mass is 9.63. The van der Waals surface area contributed by atoms with Gasteiger partial charge >= 0.3 is 0 Å². The number of ether oxygens (including phenoxy) is 1.